The minimum atomic E-state index is -5.20. The predicted molar refractivity (Wildman–Crippen MR) is 34.7 cm³/mol. The summed E-state index contributed by atoms with van der Waals surface area (Å²) in [5, 5.41) is 5.37. The monoisotopic (exact) mass is 269 g/mol. The molecule has 0 amide bonds. The van der Waals surface area contributed by atoms with Crippen LogP contribution in [0.3, 0.4) is 0 Å². The topological polar surface area (TPSA) is 135 Å². The van der Waals surface area contributed by atoms with Gasteiger partial charge in [0.25, 0.3) is 5.08 Å². The van der Waals surface area contributed by atoms with Gasteiger partial charge in [-0.1, -0.05) is 0 Å². The Morgan fingerprint density at radius 2 is 1.17 bits per heavy atom. The van der Waals surface area contributed by atoms with Gasteiger partial charge >= 0.3 is 15.2 Å². The van der Waals surface area contributed by atoms with Crippen LogP contribution in [0.1, 0.15) is 6.92 Å². The molecule has 7 nitrogen and oxygen atoms in total. The van der Waals surface area contributed by atoms with E-state index in [0.717, 1.165) is 0 Å². The molecule has 0 heterocycles. The molecule has 0 aliphatic carbocycles. The van der Waals surface area contributed by atoms with E-state index in [0.29, 0.717) is 6.92 Å². The molecular weight excluding hydrogens is 262 g/mol. The van der Waals surface area contributed by atoms with E-state index < -0.39 is 20.3 Å². The molecule has 0 atom stereocenters. The third kappa shape index (κ3) is 2.92. The van der Waals surface area contributed by atoms with Gasteiger partial charge in [-0.05, 0) is 6.92 Å². The summed E-state index contributed by atoms with van der Waals surface area (Å²) in [5.74, 6) is 0. The maximum atomic E-state index is 10.3. The Hall–Kier alpha value is 0.779. The van der Waals surface area contributed by atoms with Crippen molar-refractivity contribution in [3.05, 3.63) is 0 Å². The van der Waals surface area contributed by atoms with Gasteiger partial charge in [0, 0.05) is 17.1 Å². The molecular formula is C2H8CuO7P2. The van der Waals surface area contributed by atoms with Crippen molar-refractivity contribution in [3.63, 3.8) is 0 Å². The molecule has 0 saturated heterocycles. The second-order valence-electron chi connectivity index (χ2n) is 2.06. The van der Waals surface area contributed by atoms with Crippen LogP contribution < -0.4 is 0 Å². The summed E-state index contributed by atoms with van der Waals surface area (Å²) in [6.45, 7) is 0.383. The Bertz CT molecular complexity index is 212. The number of aliphatic hydroxyl groups is 1. The zero-order valence-corrected chi connectivity index (χ0v) is 8.48. The maximum Gasteiger partial charge on any atom is 0.369 e. The first-order valence-corrected chi connectivity index (χ1v) is 5.56. The minimum absolute atomic E-state index is 0. The molecule has 0 unspecified atom stereocenters. The SMILES string of the molecule is CC(O)(P(=O)(O)O)P(=O)(O)O.[Cu]. The summed E-state index contributed by atoms with van der Waals surface area (Å²) >= 11 is 0. The van der Waals surface area contributed by atoms with E-state index >= 15 is 0 Å². The standard InChI is InChI=1S/C2H8O7P2.Cu/c1-2(3,10(4,5)6)11(7,8)9;/h3H,1H3,(H2,4,5,6)(H2,7,8,9);. The van der Waals surface area contributed by atoms with Crippen molar-refractivity contribution in [2.45, 2.75) is 12.0 Å². The quantitative estimate of drug-likeness (QED) is 0.321. The van der Waals surface area contributed by atoms with Gasteiger partial charge in [-0.3, -0.25) is 9.13 Å². The van der Waals surface area contributed by atoms with Gasteiger partial charge in [-0.2, -0.15) is 0 Å². The van der Waals surface area contributed by atoms with E-state index in [1.54, 1.807) is 0 Å². The Morgan fingerprint density at radius 1 is 1.00 bits per heavy atom. The van der Waals surface area contributed by atoms with E-state index in [4.69, 9.17) is 24.7 Å². The molecule has 5 N–H and O–H groups in total. The fraction of sp³-hybridized carbons (Fsp3) is 1.00. The van der Waals surface area contributed by atoms with Gasteiger partial charge < -0.3 is 24.7 Å². The molecule has 12 heavy (non-hydrogen) atoms. The Morgan fingerprint density at radius 3 is 1.17 bits per heavy atom. The number of hydrogen-bond acceptors (Lipinski definition) is 3. The molecule has 0 bridgehead atoms. The first-order valence-electron chi connectivity index (χ1n) is 2.34. The normalized spacial score (nSPS) is 13.8. The van der Waals surface area contributed by atoms with Gasteiger partial charge in [0.2, 0.25) is 0 Å². The average Bonchev–Trinajstić information content (AvgIpc) is 1.58. The Balaban J connectivity index is 0. The second-order valence-corrected chi connectivity index (χ2v) is 6.33. The number of rotatable bonds is 2. The van der Waals surface area contributed by atoms with Crippen LogP contribution in [-0.4, -0.2) is 29.8 Å². The van der Waals surface area contributed by atoms with Crippen LogP contribution in [0.5, 0.6) is 0 Å². The third-order valence-electron chi connectivity index (χ3n) is 1.10. The van der Waals surface area contributed by atoms with Crippen LogP contribution in [0, 0.1) is 0 Å². The van der Waals surface area contributed by atoms with Crippen molar-refractivity contribution in [2.75, 3.05) is 0 Å². The fourth-order valence-electron chi connectivity index (χ4n) is 0.170. The Labute approximate surface area is 78.6 Å². The zero-order valence-electron chi connectivity index (χ0n) is 5.75. The van der Waals surface area contributed by atoms with Crippen molar-refractivity contribution in [1.29, 1.82) is 0 Å². The summed E-state index contributed by atoms with van der Waals surface area (Å²) in [6.07, 6.45) is 0. The van der Waals surface area contributed by atoms with E-state index in [1.807, 2.05) is 0 Å². The van der Waals surface area contributed by atoms with Crippen molar-refractivity contribution in [3.8, 4) is 0 Å². The maximum absolute atomic E-state index is 10.3. The summed E-state index contributed by atoms with van der Waals surface area (Å²) in [6, 6.07) is 0. The molecule has 0 aromatic carbocycles. The molecule has 0 saturated carbocycles. The zero-order chi connectivity index (χ0) is 9.50. The van der Waals surface area contributed by atoms with Crippen molar-refractivity contribution < 1.29 is 50.9 Å². The average molecular weight is 270 g/mol. The minimum Gasteiger partial charge on any atom is -0.368 e. The van der Waals surface area contributed by atoms with Crippen LogP contribution in [0.2, 0.25) is 0 Å². The molecule has 0 aliphatic heterocycles. The van der Waals surface area contributed by atoms with E-state index in [9.17, 15) is 9.13 Å². The molecule has 0 spiro atoms. The van der Waals surface area contributed by atoms with Crippen LogP contribution >= 0.6 is 15.2 Å². The van der Waals surface area contributed by atoms with Crippen molar-refractivity contribution >= 4 is 15.2 Å². The van der Waals surface area contributed by atoms with Gasteiger partial charge in [0.1, 0.15) is 0 Å². The molecule has 0 rings (SSSR count). The Kier molecular flexibility index (Phi) is 4.94. The summed E-state index contributed by atoms with van der Waals surface area (Å²) in [7, 11) is -10.4. The van der Waals surface area contributed by atoms with Gasteiger partial charge in [0.15, 0.2) is 0 Å². The molecule has 0 fully saturated rings. The van der Waals surface area contributed by atoms with Gasteiger partial charge in [-0.25, -0.2) is 0 Å². The van der Waals surface area contributed by atoms with Gasteiger partial charge in [-0.15, -0.1) is 0 Å². The van der Waals surface area contributed by atoms with Gasteiger partial charge in [0.05, 0.1) is 0 Å². The second kappa shape index (κ2) is 3.88. The van der Waals surface area contributed by atoms with E-state index in [2.05, 4.69) is 0 Å². The molecule has 0 aromatic heterocycles. The molecule has 1 radical (unpaired) electrons. The molecule has 79 valence electrons. The van der Waals surface area contributed by atoms with Crippen molar-refractivity contribution in [2.24, 2.45) is 0 Å². The van der Waals surface area contributed by atoms with Crippen LogP contribution in [0.25, 0.3) is 0 Å². The first-order chi connectivity index (χ1) is 4.50. The van der Waals surface area contributed by atoms with E-state index in [-0.39, 0.29) is 17.1 Å². The van der Waals surface area contributed by atoms with E-state index in [1.165, 1.54) is 0 Å². The summed E-state index contributed by atoms with van der Waals surface area (Å²) in [4.78, 5) is 33.0. The largest absolute Gasteiger partial charge is 0.369 e. The molecule has 0 aliphatic rings. The smallest absolute Gasteiger partial charge is 0.368 e. The first kappa shape index (κ1) is 15.3. The third-order valence-corrected chi connectivity index (χ3v) is 4.87. The van der Waals surface area contributed by atoms with Crippen LogP contribution in [0.4, 0.5) is 0 Å². The molecule has 0 aromatic rings. The fourth-order valence-corrected chi connectivity index (χ4v) is 1.53. The van der Waals surface area contributed by atoms with Crippen LogP contribution in [-0.2, 0) is 26.2 Å². The summed E-state index contributed by atoms with van der Waals surface area (Å²) in [5.41, 5.74) is 0. The summed E-state index contributed by atoms with van der Waals surface area (Å²) < 4.78 is 20.5. The molecule has 10 heteroatoms. The predicted octanol–water partition coefficient (Wildman–Crippen LogP) is -0.995. The van der Waals surface area contributed by atoms with Crippen molar-refractivity contribution in [1.82, 2.24) is 0 Å². The number of hydrogen-bond donors (Lipinski definition) is 5. The van der Waals surface area contributed by atoms with Crippen LogP contribution in [0.15, 0.2) is 0 Å².